The number of H-pyrrole nitrogens is 1. The van der Waals surface area contributed by atoms with Crippen LogP contribution in [0, 0.1) is 29.9 Å². The minimum Gasteiger partial charge on any atom is -0.391 e. The van der Waals surface area contributed by atoms with Crippen molar-refractivity contribution in [3.05, 3.63) is 124 Å². The molecule has 478 valence electrons. The van der Waals surface area contributed by atoms with Gasteiger partial charge >= 0.3 is 0 Å². The number of Topliss-reactive ketones (excluding diaryl/α,β-unsaturated/α-hetero) is 2. The fourth-order valence-electron chi connectivity index (χ4n) is 11.4. The molecule has 0 spiro atoms. The Bertz CT molecular complexity index is 3320. The van der Waals surface area contributed by atoms with Crippen LogP contribution in [0.4, 0.5) is 26.0 Å². The summed E-state index contributed by atoms with van der Waals surface area (Å²) in [6, 6.07) is 22.0. The number of ketones is 2. The SMILES string of the molecule is Cc1ncsc1-c1ccc(CCC(=O)[C@@H]2C[C@@H](O)CN2C(=O)[C@@H](CC(=O)COCCOCCOCCOCCOCC(=O)N2CCN(c3ccc(C(=O)Nc4n[nH]c5ccc(Cc6cc(F)cc(F)c6)cc45)c(NC4CCOCC4)c3)CC2)C(C)(C)C)cc1. The van der Waals surface area contributed by atoms with Crippen LogP contribution in [0.25, 0.3) is 21.3 Å². The molecule has 23 heteroatoms. The van der Waals surface area contributed by atoms with E-state index in [9.17, 15) is 37.9 Å². The van der Waals surface area contributed by atoms with E-state index in [4.69, 9.17) is 28.4 Å². The molecule has 0 aliphatic carbocycles. The van der Waals surface area contributed by atoms with Gasteiger partial charge in [-0.05, 0) is 103 Å². The average Bonchev–Trinajstić information content (AvgIpc) is 3.91. The number of fused-ring (bicyclic) bond motifs is 1. The number of nitrogens with zero attached hydrogens (tertiary/aromatic N) is 5. The third kappa shape index (κ3) is 19.0. The Balaban J connectivity index is 0.614. The Morgan fingerprint density at radius 1 is 0.787 bits per heavy atom. The second-order valence-electron chi connectivity index (χ2n) is 23.9. The smallest absolute Gasteiger partial charge is 0.258 e. The van der Waals surface area contributed by atoms with Crippen LogP contribution in [0.3, 0.4) is 0 Å². The summed E-state index contributed by atoms with van der Waals surface area (Å²) in [5, 5.41) is 25.2. The highest BCUT2D eigenvalue weighted by atomic mass is 32.1. The molecule has 4 N–H and O–H groups in total. The van der Waals surface area contributed by atoms with Crippen LogP contribution in [0.15, 0.2) is 84.4 Å². The second-order valence-corrected chi connectivity index (χ2v) is 24.8. The third-order valence-corrected chi connectivity index (χ3v) is 17.3. The molecule has 3 saturated heterocycles. The van der Waals surface area contributed by atoms with Gasteiger partial charge in [-0.1, -0.05) is 51.1 Å². The molecular weight excluding hydrogens is 1170 g/mol. The number of ether oxygens (including phenoxy) is 6. The average molecular weight is 1250 g/mol. The zero-order chi connectivity index (χ0) is 62.9. The van der Waals surface area contributed by atoms with Gasteiger partial charge in [-0.15, -0.1) is 11.3 Å². The standard InChI is InChI=1S/C66H82F2N8O12S/c1-43-62(89-42-69-43)47-9-5-44(6-10-47)8-14-60(79)59-38-52(77)39-76(59)65(82)56(66(2,3)4)37-53(78)40-87-29-27-85-25-23-84-24-26-86-28-30-88-41-61(80)75-19-17-74(18-20-75)51-11-12-54(58(36-51)70-50-15-21-83-22-16-50)64(81)71-63-55-34-45(7-13-57(55)72-73-63)31-46-32-48(67)35-49(68)33-46/h5-7,9-13,32-36,42,50,52,56,59,70,77H,8,14-31,37-41H2,1-4H3,(H2,71,72,73,81)/t52-,56-,59+/m1/s1. The Kier molecular flexibility index (Phi) is 23.9. The van der Waals surface area contributed by atoms with E-state index in [1.54, 1.807) is 22.3 Å². The number of rotatable bonds is 31. The van der Waals surface area contributed by atoms with E-state index in [0.717, 1.165) is 51.9 Å². The van der Waals surface area contributed by atoms with E-state index < -0.39 is 35.1 Å². The van der Waals surface area contributed by atoms with Crippen LogP contribution in [-0.4, -0.2) is 190 Å². The van der Waals surface area contributed by atoms with E-state index >= 15 is 0 Å². The maximum Gasteiger partial charge on any atom is 0.258 e. The minimum absolute atomic E-state index is 0.0448. The lowest BCUT2D eigenvalue weighted by atomic mass is 9.76. The summed E-state index contributed by atoms with van der Waals surface area (Å²) < 4.78 is 61.6. The molecule has 0 radical (unpaired) electrons. The molecule has 4 aromatic carbocycles. The maximum absolute atomic E-state index is 14.1. The molecule has 3 atom stereocenters. The zero-order valence-electron chi connectivity index (χ0n) is 51.2. The molecule has 9 rings (SSSR count). The summed E-state index contributed by atoms with van der Waals surface area (Å²) in [6.45, 7) is 13.0. The molecule has 20 nitrogen and oxygen atoms in total. The van der Waals surface area contributed by atoms with Crippen LogP contribution in [-0.2, 0) is 60.4 Å². The Morgan fingerprint density at radius 3 is 2.09 bits per heavy atom. The zero-order valence-corrected chi connectivity index (χ0v) is 52.0. The van der Waals surface area contributed by atoms with Gasteiger partial charge in [-0.2, -0.15) is 5.10 Å². The highest BCUT2D eigenvalue weighted by Crippen LogP contribution is 2.35. The van der Waals surface area contributed by atoms with Crippen molar-refractivity contribution in [1.29, 1.82) is 0 Å². The van der Waals surface area contributed by atoms with Crippen LogP contribution in [0.2, 0.25) is 0 Å². The number of benzene rings is 4. The van der Waals surface area contributed by atoms with Gasteiger partial charge in [0.15, 0.2) is 17.4 Å². The third-order valence-electron chi connectivity index (χ3n) is 16.3. The highest BCUT2D eigenvalue weighted by molar-refractivity contribution is 7.13. The van der Waals surface area contributed by atoms with E-state index in [0.29, 0.717) is 106 Å². The highest BCUT2D eigenvalue weighted by Gasteiger charge is 2.44. The molecule has 3 amide bonds. The molecule has 0 saturated carbocycles. The summed E-state index contributed by atoms with van der Waals surface area (Å²) in [4.78, 5) is 78.9. The van der Waals surface area contributed by atoms with Gasteiger partial charge in [-0.3, -0.25) is 29.1 Å². The molecule has 6 aromatic rings. The van der Waals surface area contributed by atoms with Crippen LogP contribution in [0.1, 0.15) is 85.6 Å². The number of aliphatic hydroxyl groups excluding tert-OH is 1. The first-order chi connectivity index (χ1) is 42.9. The summed E-state index contributed by atoms with van der Waals surface area (Å²) >= 11 is 1.58. The Morgan fingerprint density at radius 2 is 1.44 bits per heavy atom. The van der Waals surface area contributed by atoms with Gasteiger partial charge in [0.2, 0.25) is 11.8 Å². The quantitative estimate of drug-likeness (QED) is 0.0300. The van der Waals surface area contributed by atoms with Crippen molar-refractivity contribution < 1.29 is 66.3 Å². The lowest BCUT2D eigenvalue weighted by molar-refractivity contribution is -0.146. The number of amides is 3. The number of aromatic nitrogens is 3. The molecule has 3 fully saturated rings. The number of carbonyl (C=O) groups excluding carboxylic acids is 5. The number of piperazine rings is 1. The maximum atomic E-state index is 14.1. The number of nitrogens with one attached hydrogen (secondary N) is 3. The van der Waals surface area contributed by atoms with Crippen molar-refractivity contribution >= 4 is 68.7 Å². The number of likely N-dealkylation sites (tertiary alicyclic amines) is 1. The van der Waals surface area contributed by atoms with Gasteiger partial charge < -0.3 is 58.9 Å². The summed E-state index contributed by atoms with van der Waals surface area (Å²) in [5.74, 6) is -2.81. The number of aryl methyl sites for hydroxylation is 2. The summed E-state index contributed by atoms with van der Waals surface area (Å²) in [5.41, 5.74) is 8.26. The number of anilines is 3. The first-order valence-corrected chi connectivity index (χ1v) is 31.5. The predicted molar refractivity (Wildman–Crippen MR) is 334 cm³/mol. The van der Waals surface area contributed by atoms with Gasteiger partial charge in [0, 0.05) is 100.0 Å². The molecule has 0 bridgehead atoms. The number of aliphatic hydroxyl groups is 1. The molecule has 89 heavy (non-hydrogen) atoms. The predicted octanol–water partition coefficient (Wildman–Crippen LogP) is 8.22. The minimum atomic E-state index is -0.824. The van der Waals surface area contributed by atoms with Gasteiger partial charge in [-0.25, -0.2) is 13.8 Å². The molecular formula is C66H82F2N8O12S. The fourth-order valence-corrected chi connectivity index (χ4v) is 12.2. The largest absolute Gasteiger partial charge is 0.391 e. The molecule has 3 aliphatic rings. The number of carbonyl (C=O) groups is 5. The second kappa shape index (κ2) is 32.1. The topological polar surface area (TPSA) is 236 Å². The van der Waals surface area contributed by atoms with E-state index in [-0.39, 0.29) is 107 Å². The Labute approximate surface area is 521 Å². The molecule has 0 unspecified atom stereocenters. The monoisotopic (exact) mass is 1250 g/mol. The van der Waals surface area contributed by atoms with E-state index in [2.05, 4.69) is 30.7 Å². The summed E-state index contributed by atoms with van der Waals surface area (Å²) in [7, 11) is 0. The van der Waals surface area contributed by atoms with Crippen molar-refractivity contribution in [3.63, 3.8) is 0 Å². The van der Waals surface area contributed by atoms with Crippen LogP contribution < -0.4 is 15.5 Å². The van der Waals surface area contributed by atoms with Crippen molar-refractivity contribution in [3.8, 4) is 10.4 Å². The number of hydrogen-bond donors (Lipinski definition) is 4. The van der Waals surface area contributed by atoms with Crippen LogP contribution in [0.5, 0.6) is 0 Å². The Hall–Kier alpha value is -7.09. The van der Waals surface area contributed by atoms with Crippen molar-refractivity contribution in [2.45, 2.75) is 90.8 Å². The van der Waals surface area contributed by atoms with Crippen molar-refractivity contribution in [2.24, 2.45) is 11.3 Å². The number of halogens is 2. The number of hydrogen-bond acceptors (Lipinski definition) is 17. The van der Waals surface area contributed by atoms with E-state index in [1.807, 2.05) is 87.8 Å². The summed E-state index contributed by atoms with van der Waals surface area (Å²) in [6.07, 6.45) is 1.87. The lowest BCUT2D eigenvalue weighted by Gasteiger charge is -2.36. The number of aromatic amines is 1. The van der Waals surface area contributed by atoms with Crippen molar-refractivity contribution in [2.75, 3.05) is 128 Å². The van der Waals surface area contributed by atoms with Gasteiger partial charge in [0.1, 0.15) is 24.8 Å². The normalized spacial score (nSPS) is 16.9. The number of β-amino-alcohol motifs (C(OH)–C–C–N with tert-alkyl or cyclic N) is 1. The first-order valence-electron chi connectivity index (χ1n) is 30.6. The first kappa shape index (κ1) is 66.3. The van der Waals surface area contributed by atoms with Crippen molar-refractivity contribution in [1.82, 2.24) is 25.0 Å². The fraction of sp³-hybridized carbons (Fsp3) is 0.500. The molecule has 3 aliphatic heterocycles. The lowest BCUT2D eigenvalue weighted by Crippen LogP contribution is -2.49. The molecule has 5 heterocycles. The van der Waals surface area contributed by atoms with Crippen LogP contribution >= 0.6 is 11.3 Å². The number of thiazole rings is 1. The molecule has 2 aromatic heterocycles. The van der Waals surface area contributed by atoms with Gasteiger partial charge in [0.25, 0.3) is 5.91 Å². The van der Waals surface area contributed by atoms with E-state index in [1.165, 1.54) is 17.0 Å². The van der Waals surface area contributed by atoms with Gasteiger partial charge in [0.05, 0.1) is 92.2 Å².